The van der Waals surface area contributed by atoms with E-state index in [0.29, 0.717) is 17.6 Å². The third-order valence-corrected chi connectivity index (χ3v) is 2.27. The number of carbonyl (C=O) groups excluding carboxylic acids is 1. The second-order valence-electron chi connectivity index (χ2n) is 3.31. The Morgan fingerprint density at radius 3 is 2.62 bits per heavy atom. The number of benzene rings is 1. The normalized spacial score (nSPS) is 14.2. The molecule has 1 rings (SSSR count). The van der Waals surface area contributed by atoms with Gasteiger partial charge in [-0.3, -0.25) is 4.79 Å². The number of aliphatic hydroxyl groups is 3. The first-order valence-corrected chi connectivity index (χ1v) is 4.74. The zero-order valence-electron chi connectivity index (χ0n) is 8.83. The lowest BCUT2D eigenvalue weighted by molar-refractivity contribution is -0.0152. The largest absolute Gasteiger partial charge is 0.496 e. The van der Waals surface area contributed by atoms with E-state index in [4.69, 9.17) is 9.84 Å². The number of hydrogen-bond donors (Lipinski definition) is 3. The number of carbonyl (C=O) groups is 1. The number of methoxy groups -OCH3 is 1. The van der Waals surface area contributed by atoms with Gasteiger partial charge >= 0.3 is 0 Å². The van der Waals surface area contributed by atoms with Crippen LogP contribution in [-0.4, -0.2) is 41.4 Å². The van der Waals surface area contributed by atoms with E-state index in [2.05, 4.69) is 0 Å². The molecule has 1 aromatic rings. The van der Waals surface area contributed by atoms with Gasteiger partial charge in [0.1, 0.15) is 18.0 Å². The van der Waals surface area contributed by atoms with E-state index < -0.39 is 18.8 Å². The summed E-state index contributed by atoms with van der Waals surface area (Å²) < 4.78 is 4.93. The van der Waals surface area contributed by atoms with Crippen LogP contribution in [0.5, 0.6) is 5.75 Å². The van der Waals surface area contributed by atoms with Crippen molar-refractivity contribution < 1.29 is 24.9 Å². The smallest absolute Gasteiger partial charge is 0.153 e. The van der Waals surface area contributed by atoms with Crippen LogP contribution in [0.1, 0.15) is 22.0 Å². The highest BCUT2D eigenvalue weighted by Gasteiger charge is 2.18. The van der Waals surface area contributed by atoms with Crippen LogP contribution in [-0.2, 0) is 0 Å². The van der Waals surface area contributed by atoms with Gasteiger partial charge < -0.3 is 20.1 Å². The van der Waals surface area contributed by atoms with Crippen LogP contribution >= 0.6 is 0 Å². The Morgan fingerprint density at radius 2 is 2.12 bits per heavy atom. The van der Waals surface area contributed by atoms with Crippen LogP contribution in [0.3, 0.4) is 0 Å². The highest BCUT2D eigenvalue weighted by molar-refractivity contribution is 5.79. The van der Waals surface area contributed by atoms with E-state index in [0.717, 1.165) is 0 Å². The summed E-state index contributed by atoms with van der Waals surface area (Å²) in [6, 6.07) is 4.46. The maximum atomic E-state index is 10.7. The molecule has 88 valence electrons. The second-order valence-corrected chi connectivity index (χ2v) is 3.31. The van der Waals surface area contributed by atoms with Crippen molar-refractivity contribution in [3.8, 4) is 5.75 Å². The Morgan fingerprint density at radius 1 is 1.44 bits per heavy atom. The number of ether oxygens (including phenoxy) is 1. The quantitative estimate of drug-likeness (QED) is 0.610. The molecule has 0 aliphatic heterocycles. The average molecular weight is 226 g/mol. The lowest BCUT2D eigenvalue weighted by atomic mass is 10.0. The van der Waals surface area contributed by atoms with Gasteiger partial charge in [-0.1, -0.05) is 6.07 Å². The minimum absolute atomic E-state index is 0.282. The molecule has 0 spiro atoms. The number of hydrogen-bond acceptors (Lipinski definition) is 5. The van der Waals surface area contributed by atoms with Crippen molar-refractivity contribution in [2.24, 2.45) is 0 Å². The molecule has 5 heteroatoms. The fourth-order valence-electron chi connectivity index (χ4n) is 1.35. The molecule has 0 radical (unpaired) electrons. The summed E-state index contributed by atoms with van der Waals surface area (Å²) in [5.74, 6) is 0.393. The van der Waals surface area contributed by atoms with Gasteiger partial charge in [-0.25, -0.2) is 0 Å². The van der Waals surface area contributed by atoms with E-state index in [1.807, 2.05) is 0 Å². The number of rotatable bonds is 5. The first-order valence-electron chi connectivity index (χ1n) is 4.74. The molecule has 0 aromatic heterocycles. The second kappa shape index (κ2) is 5.60. The Balaban J connectivity index is 3.03. The lowest BCUT2D eigenvalue weighted by Gasteiger charge is -2.16. The van der Waals surface area contributed by atoms with E-state index >= 15 is 0 Å². The van der Waals surface area contributed by atoms with Crippen LogP contribution in [0.25, 0.3) is 0 Å². The summed E-state index contributed by atoms with van der Waals surface area (Å²) in [4.78, 5) is 10.7. The Bertz CT molecular complexity index is 363. The van der Waals surface area contributed by atoms with Crippen molar-refractivity contribution in [2.45, 2.75) is 12.2 Å². The molecule has 0 saturated carbocycles. The van der Waals surface area contributed by atoms with Gasteiger partial charge in [0.25, 0.3) is 0 Å². The molecule has 3 N–H and O–H groups in total. The first kappa shape index (κ1) is 12.6. The van der Waals surface area contributed by atoms with Gasteiger partial charge in [-0.15, -0.1) is 0 Å². The molecule has 0 saturated heterocycles. The zero-order chi connectivity index (χ0) is 12.1. The van der Waals surface area contributed by atoms with Crippen molar-refractivity contribution in [2.75, 3.05) is 13.7 Å². The molecule has 1 aromatic carbocycles. The van der Waals surface area contributed by atoms with Crippen molar-refractivity contribution in [3.05, 3.63) is 29.3 Å². The Hall–Kier alpha value is -1.43. The summed E-state index contributed by atoms with van der Waals surface area (Å²) >= 11 is 0. The monoisotopic (exact) mass is 226 g/mol. The summed E-state index contributed by atoms with van der Waals surface area (Å²) in [5, 5.41) is 27.5. The van der Waals surface area contributed by atoms with Crippen LogP contribution in [0.4, 0.5) is 0 Å². The molecular weight excluding hydrogens is 212 g/mol. The topological polar surface area (TPSA) is 87.0 Å². The van der Waals surface area contributed by atoms with Crippen molar-refractivity contribution in [1.82, 2.24) is 0 Å². The lowest BCUT2D eigenvalue weighted by Crippen LogP contribution is -2.22. The molecule has 0 heterocycles. The molecule has 2 unspecified atom stereocenters. The van der Waals surface area contributed by atoms with Crippen molar-refractivity contribution in [3.63, 3.8) is 0 Å². The Kier molecular flexibility index (Phi) is 4.42. The zero-order valence-corrected chi connectivity index (χ0v) is 8.83. The van der Waals surface area contributed by atoms with Gasteiger partial charge in [0.2, 0.25) is 0 Å². The maximum Gasteiger partial charge on any atom is 0.153 e. The standard InChI is InChI=1S/C11H14O5/c1-16-10-3-2-7(4-8(10)5-12)11(15)9(14)6-13/h2-5,9,11,13-15H,6H2,1H3. The van der Waals surface area contributed by atoms with Crippen LogP contribution < -0.4 is 4.74 Å². The molecule has 16 heavy (non-hydrogen) atoms. The summed E-state index contributed by atoms with van der Waals surface area (Å²) in [6.07, 6.45) is -1.90. The minimum atomic E-state index is -1.27. The Labute approximate surface area is 92.9 Å². The van der Waals surface area contributed by atoms with Gasteiger partial charge in [0, 0.05) is 0 Å². The molecule has 0 amide bonds. The summed E-state index contributed by atoms with van der Waals surface area (Å²) in [6.45, 7) is -0.552. The molecule has 2 atom stereocenters. The fourth-order valence-corrected chi connectivity index (χ4v) is 1.35. The number of aliphatic hydroxyl groups excluding tert-OH is 3. The first-order chi connectivity index (χ1) is 7.63. The summed E-state index contributed by atoms with van der Waals surface area (Å²) in [7, 11) is 1.43. The van der Waals surface area contributed by atoms with Gasteiger partial charge in [-0.05, 0) is 17.7 Å². The maximum absolute atomic E-state index is 10.7. The van der Waals surface area contributed by atoms with Gasteiger partial charge in [0.15, 0.2) is 6.29 Å². The third-order valence-electron chi connectivity index (χ3n) is 2.27. The van der Waals surface area contributed by atoms with E-state index in [9.17, 15) is 15.0 Å². The van der Waals surface area contributed by atoms with Gasteiger partial charge in [0.05, 0.1) is 19.3 Å². The predicted octanol–water partition coefficient (Wildman–Crippen LogP) is -0.106. The molecule has 0 aliphatic carbocycles. The average Bonchev–Trinajstić information content (AvgIpc) is 2.35. The van der Waals surface area contributed by atoms with E-state index in [-0.39, 0.29) is 5.56 Å². The predicted molar refractivity (Wildman–Crippen MR) is 56.4 cm³/mol. The summed E-state index contributed by atoms with van der Waals surface area (Å²) in [5.41, 5.74) is 0.633. The molecule has 0 bridgehead atoms. The molecule has 0 aliphatic rings. The SMILES string of the molecule is COc1ccc(C(O)C(O)CO)cc1C=O. The minimum Gasteiger partial charge on any atom is -0.496 e. The van der Waals surface area contributed by atoms with E-state index in [1.54, 1.807) is 0 Å². The highest BCUT2D eigenvalue weighted by atomic mass is 16.5. The number of aldehydes is 1. The van der Waals surface area contributed by atoms with Crippen LogP contribution in [0.15, 0.2) is 18.2 Å². The molecule has 0 fully saturated rings. The van der Waals surface area contributed by atoms with E-state index in [1.165, 1.54) is 25.3 Å². The molecular formula is C11H14O5. The molecule has 5 nitrogen and oxygen atoms in total. The van der Waals surface area contributed by atoms with Crippen molar-refractivity contribution in [1.29, 1.82) is 0 Å². The van der Waals surface area contributed by atoms with Gasteiger partial charge in [-0.2, -0.15) is 0 Å². The third kappa shape index (κ3) is 2.57. The van der Waals surface area contributed by atoms with Crippen molar-refractivity contribution >= 4 is 6.29 Å². The van der Waals surface area contributed by atoms with Crippen LogP contribution in [0.2, 0.25) is 0 Å². The highest BCUT2D eigenvalue weighted by Crippen LogP contribution is 2.23. The fraction of sp³-hybridized carbons (Fsp3) is 0.364. The van der Waals surface area contributed by atoms with Crippen LogP contribution in [0, 0.1) is 0 Å².